The number of ether oxygens (including phenoxy) is 3. The minimum Gasteiger partial charge on any atom is -0.393 e. The van der Waals surface area contributed by atoms with Crippen molar-refractivity contribution in [2.45, 2.75) is 102 Å². The van der Waals surface area contributed by atoms with E-state index >= 15 is 0 Å². The van der Waals surface area contributed by atoms with Crippen LogP contribution in [-0.4, -0.2) is 53.0 Å². The molecule has 1 N–H and O–H groups in total. The van der Waals surface area contributed by atoms with E-state index in [9.17, 15) is 14.7 Å². The van der Waals surface area contributed by atoms with Gasteiger partial charge in [0, 0.05) is 23.2 Å². The third kappa shape index (κ3) is 3.58. The minimum atomic E-state index is -1.03. The van der Waals surface area contributed by atoms with Gasteiger partial charge in [0.1, 0.15) is 6.61 Å². The number of Topliss-reactive ketones (excluding diaryl/α,β-unsaturated/α-hetero) is 1. The van der Waals surface area contributed by atoms with Crippen LogP contribution in [-0.2, 0) is 23.8 Å². The molecule has 0 bridgehead atoms. The van der Waals surface area contributed by atoms with E-state index in [1.807, 2.05) is 26.8 Å². The Morgan fingerprint density at radius 3 is 2.66 bits per heavy atom. The fourth-order valence-corrected chi connectivity index (χ4v) is 8.36. The molecule has 1 aliphatic heterocycles. The zero-order valence-corrected chi connectivity index (χ0v) is 21.5. The summed E-state index contributed by atoms with van der Waals surface area (Å²) in [5.41, 5.74) is -0.627. The second-order valence-electron chi connectivity index (χ2n) is 13.1. The lowest BCUT2D eigenvalue weighted by molar-refractivity contribution is -0.191. The average molecular weight is 485 g/mol. The molecule has 1 heterocycles. The summed E-state index contributed by atoms with van der Waals surface area (Å²) in [6.07, 6.45) is 10.8. The predicted molar refractivity (Wildman–Crippen MR) is 129 cm³/mol. The lowest BCUT2D eigenvalue weighted by Gasteiger charge is -2.56. The largest absolute Gasteiger partial charge is 0.393 e. The maximum atomic E-state index is 13.9. The molecule has 6 aliphatic rings. The first kappa shape index (κ1) is 24.0. The van der Waals surface area contributed by atoms with Gasteiger partial charge in [0.05, 0.1) is 17.8 Å². The summed E-state index contributed by atoms with van der Waals surface area (Å²) in [6, 6.07) is 0. The van der Waals surface area contributed by atoms with E-state index in [4.69, 9.17) is 14.2 Å². The SMILES string of the molecule is CC(C)(C)OCC(=O)[C@@]12O[C@H](C3CCC3)O[C@@H]1C[C@@H]1C2C[C@H](O)[C@H]2[C@H]1CCC1=CC(=O)C=C[C@@]12C. The molecule has 35 heavy (non-hydrogen) atoms. The van der Waals surface area contributed by atoms with E-state index < -0.39 is 17.3 Å². The molecule has 4 saturated carbocycles. The van der Waals surface area contributed by atoms with Crippen molar-refractivity contribution in [1.82, 2.24) is 0 Å². The lowest BCUT2D eigenvalue weighted by Crippen LogP contribution is -2.58. The Morgan fingerprint density at radius 2 is 1.97 bits per heavy atom. The first-order valence-electron chi connectivity index (χ1n) is 13.7. The summed E-state index contributed by atoms with van der Waals surface area (Å²) in [4.78, 5) is 26.0. The average Bonchev–Trinajstić information content (AvgIpc) is 3.25. The van der Waals surface area contributed by atoms with Gasteiger partial charge in [-0.1, -0.05) is 25.0 Å². The molecular weight excluding hydrogens is 444 g/mol. The summed E-state index contributed by atoms with van der Waals surface area (Å²) >= 11 is 0. The predicted octanol–water partition coefficient (Wildman–Crippen LogP) is 4.15. The molecule has 5 fully saturated rings. The standard InChI is InChI=1S/C29H40O6/c1-27(2,3)33-15-23(32)29-21-14-22(31)25-19(9-8-17-12-18(30)10-11-28(17,25)4)20(21)13-24(29)34-26(35-29)16-6-5-7-16/h10-12,16,19-22,24-26,31H,5-9,13-15H2,1-4H3/t19-,20-,21?,22-,24+,25+,26+,28-,29+/m0/s1. The Balaban J connectivity index is 1.33. The van der Waals surface area contributed by atoms with Gasteiger partial charge in [-0.05, 0) is 83.3 Å². The first-order chi connectivity index (χ1) is 16.5. The molecule has 9 atom stereocenters. The molecule has 0 amide bonds. The molecule has 6 heteroatoms. The molecule has 5 aliphatic carbocycles. The normalized spacial score (nSPS) is 46.8. The molecule has 0 aromatic heterocycles. The summed E-state index contributed by atoms with van der Waals surface area (Å²) in [5.74, 6) is 0.848. The number of carbonyl (C=O) groups is 2. The van der Waals surface area contributed by atoms with Crippen molar-refractivity contribution >= 4 is 11.6 Å². The summed E-state index contributed by atoms with van der Waals surface area (Å²) in [6.45, 7) is 8.06. The summed E-state index contributed by atoms with van der Waals surface area (Å²) < 4.78 is 19.2. The molecule has 0 aromatic carbocycles. The van der Waals surface area contributed by atoms with Crippen LogP contribution in [0.5, 0.6) is 0 Å². The van der Waals surface area contributed by atoms with Gasteiger partial charge in [0.15, 0.2) is 23.5 Å². The van der Waals surface area contributed by atoms with Crippen molar-refractivity contribution in [2.24, 2.45) is 35.0 Å². The van der Waals surface area contributed by atoms with Gasteiger partial charge < -0.3 is 19.3 Å². The first-order valence-corrected chi connectivity index (χ1v) is 13.7. The zero-order valence-electron chi connectivity index (χ0n) is 21.5. The minimum absolute atomic E-state index is 0.00358. The number of fused-ring (bicyclic) bond motifs is 7. The highest BCUT2D eigenvalue weighted by molar-refractivity contribution is 6.01. The van der Waals surface area contributed by atoms with Crippen LogP contribution in [0.4, 0.5) is 0 Å². The Kier molecular flexibility index (Phi) is 5.54. The number of allylic oxidation sites excluding steroid dienone is 4. The third-order valence-electron chi connectivity index (χ3n) is 10.2. The highest BCUT2D eigenvalue weighted by atomic mass is 16.7. The molecule has 0 radical (unpaired) electrons. The van der Waals surface area contributed by atoms with Gasteiger partial charge in [-0.15, -0.1) is 0 Å². The number of aliphatic hydroxyl groups excluding tert-OH is 1. The van der Waals surface area contributed by atoms with E-state index in [0.717, 1.165) is 37.7 Å². The van der Waals surface area contributed by atoms with Crippen LogP contribution in [0.15, 0.2) is 23.8 Å². The second-order valence-corrected chi connectivity index (χ2v) is 13.1. The van der Waals surface area contributed by atoms with Crippen LogP contribution in [0, 0.1) is 35.0 Å². The van der Waals surface area contributed by atoms with Crippen molar-refractivity contribution in [3.63, 3.8) is 0 Å². The highest BCUT2D eigenvalue weighted by Crippen LogP contribution is 2.65. The Hall–Kier alpha value is -1.34. The van der Waals surface area contributed by atoms with Crippen molar-refractivity contribution in [2.75, 3.05) is 6.61 Å². The Labute approximate surface area is 208 Å². The Bertz CT molecular complexity index is 972. The van der Waals surface area contributed by atoms with E-state index in [0.29, 0.717) is 12.3 Å². The molecule has 6 rings (SSSR count). The van der Waals surface area contributed by atoms with Crippen molar-refractivity contribution in [1.29, 1.82) is 0 Å². The maximum absolute atomic E-state index is 13.9. The van der Waals surface area contributed by atoms with E-state index in [1.165, 1.54) is 6.42 Å². The second kappa shape index (κ2) is 8.08. The van der Waals surface area contributed by atoms with E-state index in [1.54, 1.807) is 12.2 Å². The topological polar surface area (TPSA) is 82.1 Å². The van der Waals surface area contributed by atoms with E-state index in [-0.39, 0.29) is 59.7 Å². The van der Waals surface area contributed by atoms with Gasteiger partial charge in [-0.2, -0.15) is 0 Å². The molecule has 1 unspecified atom stereocenters. The quantitative estimate of drug-likeness (QED) is 0.646. The van der Waals surface area contributed by atoms with Crippen molar-refractivity contribution in [3.8, 4) is 0 Å². The highest BCUT2D eigenvalue weighted by Gasteiger charge is 2.71. The van der Waals surface area contributed by atoms with Gasteiger partial charge in [-0.3, -0.25) is 9.59 Å². The lowest BCUT2D eigenvalue weighted by atomic mass is 9.49. The molecule has 0 spiro atoms. The molecule has 192 valence electrons. The molecular formula is C29H40O6. The number of hydrogen-bond donors (Lipinski definition) is 1. The van der Waals surface area contributed by atoms with Gasteiger partial charge in [-0.25, -0.2) is 0 Å². The van der Waals surface area contributed by atoms with Crippen LogP contribution in [0.25, 0.3) is 0 Å². The molecule has 1 saturated heterocycles. The summed E-state index contributed by atoms with van der Waals surface area (Å²) in [7, 11) is 0. The fourth-order valence-electron chi connectivity index (χ4n) is 8.36. The number of hydrogen-bond acceptors (Lipinski definition) is 6. The fraction of sp³-hybridized carbons (Fsp3) is 0.793. The van der Waals surface area contributed by atoms with Crippen LogP contribution >= 0.6 is 0 Å². The van der Waals surface area contributed by atoms with Gasteiger partial charge in [0.25, 0.3) is 0 Å². The van der Waals surface area contributed by atoms with Crippen LogP contribution in [0.2, 0.25) is 0 Å². The molecule has 6 nitrogen and oxygen atoms in total. The zero-order chi connectivity index (χ0) is 24.8. The van der Waals surface area contributed by atoms with Gasteiger partial charge in [0.2, 0.25) is 0 Å². The Morgan fingerprint density at radius 1 is 1.20 bits per heavy atom. The van der Waals surface area contributed by atoms with Gasteiger partial charge >= 0.3 is 0 Å². The van der Waals surface area contributed by atoms with Crippen molar-refractivity contribution in [3.05, 3.63) is 23.8 Å². The smallest absolute Gasteiger partial charge is 0.193 e. The number of ketones is 2. The number of aliphatic hydroxyl groups is 1. The van der Waals surface area contributed by atoms with Crippen molar-refractivity contribution < 1.29 is 28.9 Å². The number of carbonyl (C=O) groups excluding carboxylic acids is 2. The van der Waals surface area contributed by atoms with E-state index in [2.05, 4.69) is 6.92 Å². The monoisotopic (exact) mass is 484 g/mol. The molecule has 0 aromatic rings. The summed E-state index contributed by atoms with van der Waals surface area (Å²) in [5, 5.41) is 11.6. The van der Waals surface area contributed by atoms with Crippen LogP contribution in [0.1, 0.15) is 72.6 Å². The van der Waals surface area contributed by atoms with Crippen LogP contribution in [0.3, 0.4) is 0 Å². The van der Waals surface area contributed by atoms with Crippen LogP contribution < -0.4 is 0 Å². The third-order valence-corrected chi connectivity index (χ3v) is 10.2. The maximum Gasteiger partial charge on any atom is 0.193 e. The number of rotatable bonds is 4.